The second-order valence-electron chi connectivity index (χ2n) is 6.33. The van der Waals surface area contributed by atoms with E-state index in [0.717, 1.165) is 24.0 Å². The second-order valence-corrected chi connectivity index (χ2v) is 6.33. The van der Waals surface area contributed by atoms with Gasteiger partial charge in [0.1, 0.15) is 0 Å². The van der Waals surface area contributed by atoms with Gasteiger partial charge in [0, 0.05) is 30.8 Å². The smallest absolute Gasteiger partial charge is 0.220 e. The highest BCUT2D eigenvalue weighted by molar-refractivity contribution is 5.98. The third-order valence-electron chi connectivity index (χ3n) is 4.58. The van der Waals surface area contributed by atoms with Crippen LogP contribution in [0.1, 0.15) is 59.3 Å². The maximum Gasteiger partial charge on any atom is 0.220 e. The highest BCUT2D eigenvalue weighted by Gasteiger charge is 2.15. The summed E-state index contributed by atoms with van der Waals surface area (Å²) in [5, 5.41) is 2.93. The summed E-state index contributed by atoms with van der Waals surface area (Å²) in [7, 11) is 0. The van der Waals surface area contributed by atoms with Gasteiger partial charge in [0.25, 0.3) is 0 Å². The van der Waals surface area contributed by atoms with Crippen molar-refractivity contribution in [3.63, 3.8) is 0 Å². The third-order valence-corrected chi connectivity index (χ3v) is 4.58. The van der Waals surface area contributed by atoms with Crippen molar-refractivity contribution in [1.29, 1.82) is 0 Å². The lowest BCUT2D eigenvalue weighted by Gasteiger charge is -2.14. The van der Waals surface area contributed by atoms with Crippen molar-refractivity contribution in [1.82, 2.24) is 10.3 Å². The summed E-state index contributed by atoms with van der Waals surface area (Å²) in [6.07, 6.45) is 7.20. The largest absolute Gasteiger partial charge is 0.350 e. The van der Waals surface area contributed by atoms with Crippen molar-refractivity contribution in [3.05, 3.63) is 65.0 Å². The van der Waals surface area contributed by atoms with Crippen LogP contribution in [-0.4, -0.2) is 16.7 Å². The Morgan fingerprint density at radius 2 is 1.83 bits per heavy atom. The van der Waals surface area contributed by atoms with Gasteiger partial charge in [0.2, 0.25) is 5.91 Å². The molecule has 1 heterocycles. The van der Waals surface area contributed by atoms with Crippen LogP contribution in [0.15, 0.2) is 42.7 Å². The van der Waals surface area contributed by atoms with Crippen molar-refractivity contribution in [2.45, 2.75) is 45.1 Å². The van der Waals surface area contributed by atoms with E-state index in [2.05, 4.69) is 16.4 Å². The fourth-order valence-electron chi connectivity index (χ4n) is 3.17. The molecular weight excluding hydrogens is 300 g/mol. The Hall–Kier alpha value is -2.49. The van der Waals surface area contributed by atoms with E-state index in [1.54, 1.807) is 12.4 Å². The number of benzene rings is 1. The van der Waals surface area contributed by atoms with Gasteiger partial charge in [-0.1, -0.05) is 12.1 Å². The van der Waals surface area contributed by atoms with Gasteiger partial charge in [0.05, 0.1) is 6.04 Å². The molecule has 1 aliphatic carbocycles. The van der Waals surface area contributed by atoms with Gasteiger partial charge < -0.3 is 5.32 Å². The number of fused-ring (bicyclic) bond motifs is 1. The Morgan fingerprint density at radius 1 is 1.08 bits per heavy atom. The Balaban J connectivity index is 1.51. The zero-order valence-electron chi connectivity index (χ0n) is 13.9. The molecule has 4 heteroatoms. The van der Waals surface area contributed by atoms with Crippen LogP contribution >= 0.6 is 0 Å². The molecule has 1 N–H and O–H groups in total. The van der Waals surface area contributed by atoms with E-state index >= 15 is 0 Å². The van der Waals surface area contributed by atoms with Crippen LogP contribution in [0.2, 0.25) is 0 Å². The van der Waals surface area contributed by atoms with Crippen LogP contribution in [-0.2, 0) is 17.6 Å². The maximum absolute atomic E-state index is 12.3. The topological polar surface area (TPSA) is 59.1 Å². The Morgan fingerprint density at radius 3 is 2.62 bits per heavy atom. The first-order chi connectivity index (χ1) is 11.6. The van der Waals surface area contributed by atoms with Crippen molar-refractivity contribution in [2.24, 2.45) is 0 Å². The number of pyridine rings is 1. The first kappa shape index (κ1) is 16.4. The van der Waals surface area contributed by atoms with Crippen molar-refractivity contribution >= 4 is 11.7 Å². The monoisotopic (exact) mass is 322 g/mol. The van der Waals surface area contributed by atoms with Gasteiger partial charge in [-0.25, -0.2) is 0 Å². The molecule has 124 valence electrons. The SMILES string of the molecule is CC(NC(=O)CCC(=O)c1ccc2c(c1)CCC2)c1ccncc1. The normalized spacial score (nSPS) is 14.0. The number of nitrogens with one attached hydrogen (secondary N) is 1. The standard InChI is InChI=1S/C20H22N2O2/c1-14(15-9-11-21-12-10-15)22-20(24)8-7-19(23)18-6-5-16-3-2-4-17(16)13-18/h5-6,9-14H,2-4,7-8H2,1H3,(H,22,24). The number of carbonyl (C=O) groups excluding carboxylic acids is 2. The quantitative estimate of drug-likeness (QED) is 0.829. The molecule has 1 aliphatic rings. The molecule has 0 aliphatic heterocycles. The van der Waals surface area contributed by atoms with E-state index in [1.807, 2.05) is 31.2 Å². The molecule has 0 bridgehead atoms. The van der Waals surface area contributed by atoms with E-state index in [4.69, 9.17) is 0 Å². The predicted molar refractivity (Wildman–Crippen MR) is 92.8 cm³/mol. The molecule has 0 saturated carbocycles. The van der Waals surface area contributed by atoms with Crippen LogP contribution in [0.4, 0.5) is 0 Å². The molecule has 1 amide bonds. The average molecular weight is 322 g/mol. The van der Waals surface area contributed by atoms with Gasteiger partial charge in [-0.3, -0.25) is 14.6 Å². The number of ketones is 1. The van der Waals surface area contributed by atoms with Gasteiger partial charge >= 0.3 is 0 Å². The molecule has 0 radical (unpaired) electrons. The summed E-state index contributed by atoms with van der Waals surface area (Å²) < 4.78 is 0. The van der Waals surface area contributed by atoms with E-state index in [9.17, 15) is 9.59 Å². The second kappa shape index (κ2) is 7.39. The number of nitrogens with zero attached hydrogens (tertiary/aromatic N) is 1. The van der Waals surface area contributed by atoms with E-state index in [1.165, 1.54) is 17.5 Å². The minimum atomic E-state index is -0.103. The predicted octanol–water partition coefficient (Wildman–Crippen LogP) is 3.41. The minimum Gasteiger partial charge on any atom is -0.350 e. The van der Waals surface area contributed by atoms with Gasteiger partial charge in [-0.2, -0.15) is 0 Å². The fraction of sp³-hybridized carbons (Fsp3) is 0.350. The molecule has 0 spiro atoms. The van der Waals surface area contributed by atoms with Gasteiger partial charge in [-0.05, 0) is 61.1 Å². The molecule has 3 rings (SSSR count). The molecule has 4 nitrogen and oxygen atoms in total. The molecule has 0 fully saturated rings. The van der Waals surface area contributed by atoms with E-state index < -0.39 is 0 Å². The van der Waals surface area contributed by atoms with Crippen molar-refractivity contribution in [3.8, 4) is 0 Å². The number of hydrogen-bond acceptors (Lipinski definition) is 3. The average Bonchev–Trinajstić information content (AvgIpc) is 3.08. The van der Waals surface area contributed by atoms with Crippen LogP contribution in [0, 0.1) is 0 Å². The molecule has 1 unspecified atom stereocenters. The number of carbonyl (C=O) groups is 2. The molecule has 24 heavy (non-hydrogen) atoms. The number of rotatable bonds is 6. The zero-order chi connectivity index (χ0) is 16.9. The minimum absolute atomic E-state index is 0.0383. The summed E-state index contributed by atoms with van der Waals surface area (Å²) in [5.74, 6) is -0.0646. The molecular formula is C20H22N2O2. The summed E-state index contributed by atoms with van der Waals surface area (Å²) >= 11 is 0. The molecule has 0 saturated heterocycles. The lowest BCUT2D eigenvalue weighted by Crippen LogP contribution is -2.27. The number of aromatic nitrogens is 1. The van der Waals surface area contributed by atoms with Gasteiger partial charge in [-0.15, -0.1) is 0 Å². The summed E-state index contributed by atoms with van der Waals surface area (Å²) in [4.78, 5) is 28.4. The number of amides is 1. The zero-order valence-corrected chi connectivity index (χ0v) is 13.9. The van der Waals surface area contributed by atoms with Crippen LogP contribution in [0.3, 0.4) is 0 Å². The highest BCUT2D eigenvalue weighted by Crippen LogP contribution is 2.23. The van der Waals surface area contributed by atoms with E-state index in [-0.39, 0.29) is 30.6 Å². The summed E-state index contributed by atoms with van der Waals surface area (Å²) in [6, 6.07) is 9.62. The molecule has 1 aromatic heterocycles. The number of Topliss-reactive ketones (excluding diaryl/α,β-unsaturated/α-hetero) is 1. The van der Waals surface area contributed by atoms with Crippen LogP contribution in [0.25, 0.3) is 0 Å². The fourth-order valence-corrected chi connectivity index (χ4v) is 3.17. The lowest BCUT2D eigenvalue weighted by molar-refractivity contribution is -0.121. The first-order valence-corrected chi connectivity index (χ1v) is 8.48. The van der Waals surface area contributed by atoms with Gasteiger partial charge in [0.15, 0.2) is 5.78 Å². The van der Waals surface area contributed by atoms with Crippen LogP contribution < -0.4 is 5.32 Å². The first-order valence-electron chi connectivity index (χ1n) is 8.48. The number of hydrogen-bond donors (Lipinski definition) is 1. The molecule has 1 atom stereocenters. The Kier molecular flexibility index (Phi) is 5.04. The van der Waals surface area contributed by atoms with Crippen LogP contribution in [0.5, 0.6) is 0 Å². The highest BCUT2D eigenvalue weighted by atomic mass is 16.2. The summed E-state index contributed by atoms with van der Waals surface area (Å²) in [6.45, 7) is 1.93. The third kappa shape index (κ3) is 3.88. The maximum atomic E-state index is 12.3. The van der Waals surface area contributed by atoms with E-state index in [0.29, 0.717) is 0 Å². The lowest BCUT2D eigenvalue weighted by atomic mass is 10.0. The number of aryl methyl sites for hydroxylation is 2. The summed E-state index contributed by atoms with van der Waals surface area (Å²) in [5.41, 5.74) is 4.38. The molecule has 2 aromatic rings. The Bertz CT molecular complexity index is 741. The Labute approximate surface area is 142 Å². The molecule has 1 aromatic carbocycles. The van der Waals surface area contributed by atoms with Crippen molar-refractivity contribution < 1.29 is 9.59 Å². The van der Waals surface area contributed by atoms with Crippen molar-refractivity contribution in [2.75, 3.05) is 0 Å².